The maximum Gasteiger partial charge on any atom is 0.306 e. The van der Waals surface area contributed by atoms with Crippen LogP contribution in [0.25, 0.3) is 0 Å². The van der Waals surface area contributed by atoms with Crippen molar-refractivity contribution in [3.8, 4) is 0 Å². The Hall–Kier alpha value is -2.59. The van der Waals surface area contributed by atoms with E-state index in [0.717, 1.165) is 64.2 Å². The van der Waals surface area contributed by atoms with Gasteiger partial charge in [-0.05, 0) is 83.5 Å². The molecule has 1 aliphatic rings. The molecule has 0 radical (unpaired) electrons. The molecular weight excluding hydrogens is 766 g/mol. The van der Waals surface area contributed by atoms with Crippen molar-refractivity contribution < 1.29 is 46.8 Å². The third-order valence-electron chi connectivity index (χ3n) is 9.62. The average molecular weight is 848 g/mol. The minimum atomic E-state index is -4.65. The second kappa shape index (κ2) is 36.1. The lowest BCUT2D eigenvalue weighted by Crippen LogP contribution is -2.37. The normalized spacial score (nSPS) is 17.7. The number of esters is 2. The van der Waals surface area contributed by atoms with Crippen molar-refractivity contribution in [3.05, 3.63) is 72.9 Å². The van der Waals surface area contributed by atoms with Crippen LogP contribution in [0, 0.1) is 0 Å². The van der Waals surface area contributed by atoms with E-state index >= 15 is 0 Å². The highest BCUT2D eigenvalue weighted by Gasteiger charge is 2.36. The molecule has 338 valence electrons. The van der Waals surface area contributed by atoms with Crippen LogP contribution < -0.4 is 4.89 Å². The minimum Gasteiger partial charge on any atom is -0.756 e. The van der Waals surface area contributed by atoms with Gasteiger partial charge in [-0.3, -0.25) is 14.2 Å². The molecule has 0 spiro atoms. The summed E-state index contributed by atoms with van der Waals surface area (Å²) in [4.78, 5) is 37.6. The predicted molar refractivity (Wildman–Crippen MR) is 240 cm³/mol. The number of hydrogen-bond acceptors (Lipinski definition) is 9. The number of rotatable bonds is 39. The summed E-state index contributed by atoms with van der Waals surface area (Å²) in [5.41, 5.74) is 0. The Morgan fingerprint density at radius 1 is 0.627 bits per heavy atom. The maximum absolute atomic E-state index is 12.7. The fourth-order valence-corrected chi connectivity index (χ4v) is 6.65. The zero-order chi connectivity index (χ0) is 43.3. The monoisotopic (exact) mass is 848 g/mol. The SMILES string of the molecule is CCCCC/C=C\C/C=C\C/C=C\CCCCCCC(=O)O[C@H](COC(=O)CCC/C=C\C/C=C\C/C=C\CC1OC1CCCCC)COP(=O)([O-])OCC[N+](C)(C)C. The average Bonchev–Trinajstić information content (AvgIpc) is 3.94. The first-order valence-electron chi connectivity index (χ1n) is 22.8. The van der Waals surface area contributed by atoms with Crippen molar-refractivity contribution >= 4 is 19.8 Å². The molecule has 0 aromatic carbocycles. The molecule has 1 heterocycles. The summed E-state index contributed by atoms with van der Waals surface area (Å²) in [5.74, 6) is -0.937. The highest BCUT2D eigenvalue weighted by Crippen LogP contribution is 2.38. The third kappa shape index (κ3) is 36.9. The Morgan fingerprint density at radius 3 is 1.76 bits per heavy atom. The third-order valence-corrected chi connectivity index (χ3v) is 10.6. The fourth-order valence-electron chi connectivity index (χ4n) is 5.92. The first-order chi connectivity index (χ1) is 28.5. The molecular formula is C48H82NO9P. The van der Waals surface area contributed by atoms with Crippen LogP contribution in [0.4, 0.5) is 0 Å². The number of ether oxygens (including phenoxy) is 3. The van der Waals surface area contributed by atoms with Gasteiger partial charge in [0.1, 0.15) is 19.8 Å². The molecule has 3 unspecified atom stereocenters. The number of nitrogens with zero attached hydrogens (tertiary/aromatic N) is 1. The summed E-state index contributed by atoms with van der Waals surface area (Å²) in [7, 11) is 1.10. The molecule has 0 aliphatic carbocycles. The van der Waals surface area contributed by atoms with Gasteiger partial charge in [0.05, 0.1) is 40.0 Å². The largest absolute Gasteiger partial charge is 0.756 e. The van der Waals surface area contributed by atoms with Gasteiger partial charge in [-0.2, -0.15) is 0 Å². The Bertz CT molecular complexity index is 1300. The van der Waals surface area contributed by atoms with E-state index in [1.807, 2.05) is 27.2 Å². The zero-order valence-corrected chi connectivity index (χ0v) is 38.5. The van der Waals surface area contributed by atoms with Crippen LogP contribution in [0.1, 0.15) is 155 Å². The van der Waals surface area contributed by atoms with Crippen LogP contribution in [-0.4, -0.2) is 82.2 Å². The Kier molecular flexibility index (Phi) is 33.3. The lowest BCUT2D eigenvalue weighted by molar-refractivity contribution is -0.870. The summed E-state index contributed by atoms with van der Waals surface area (Å²) < 4.78 is 39.6. The summed E-state index contributed by atoms with van der Waals surface area (Å²) in [6, 6.07) is 0. The molecule has 0 saturated carbocycles. The molecule has 0 bridgehead atoms. The lowest BCUT2D eigenvalue weighted by Gasteiger charge is -2.28. The van der Waals surface area contributed by atoms with Gasteiger partial charge in [0.2, 0.25) is 0 Å². The van der Waals surface area contributed by atoms with E-state index in [1.165, 1.54) is 51.4 Å². The fraction of sp³-hybridized carbons (Fsp3) is 0.708. The summed E-state index contributed by atoms with van der Waals surface area (Å²) in [6.07, 6.45) is 46.8. The number of phosphoric ester groups is 1. The molecule has 0 N–H and O–H groups in total. The van der Waals surface area contributed by atoms with E-state index in [0.29, 0.717) is 36.1 Å². The van der Waals surface area contributed by atoms with E-state index < -0.39 is 32.5 Å². The molecule has 1 aliphatic heterocycles. The van der Waals surface area contributed by atoms with Gasteiger partial charge in [-0.15, -0.1) is 0 Å². The summed E-state index contributed by atoms with van der Waals surface area (Å²) >= 11 is 0. The van der Waals surface area contributed by atoms with Gasteiger partial charge in [0.25, 0.3) is 7.82 Å². The van der Waals surface area contributed by atoms with Gasteiger partial charge >= 0.3 is 11.9 Å². The van der Waals surface area contributed by atoms with Crippen molar-refractivity contribution in [2.45, 2.75) is 173 Å². The van der Waals surface area contributed by atoms with Crippen LogP contribution in [0.5, 0.6) is 0 Å². The number of hydrogen-bond donors (Lipinski definition) is 0. The Balaban J connectivity index is 2.33. The predicted octanol–water partition coefficient (Wildman–Crippen LogP) is 11.4. The number of allylic oxidation sites excluding steroid dienone is 11. The van der Waals surface area contributed by atoms with Crippen LogP contribution in [0.3, 0.4) is 0 Å². The number of phosphoric acid groups is 1. The van der Waals surface area contributed by atoms with Crippen LogP contribution in [0.2, 0.25) is 0 Å². The topological polar surface area (TPSA) is 124 Å². The summed E-state index contributed by atoms with van der Waals surface area (Å²) in [6.45, 7) is 4.05. The zero-order valence-electron chi connectivity index (χ0n) is 37.6. The Labute approximate surface area is 359 Å². The second-order valence-corrected chi connectivity index (χ2v) is 17.9. The van der Waals surface area contributed by atoms with Gasteiger partial charge in [-0.1, -0.05) is 132 Å². The van der Waals surface area contributed by atoms with E-state index in [4.69, 9.17) is 23.3 Å². The van der Waals surface area contributed by atoms with Gasteiger partial charge in [-0.25, -0.2) is 0 Å². The molecule has 1 fully saturated rings. The number of unbranched alkanes of at least 4 members (excludes halogenated alkanes) is 10. The number of carbonyl (C=O) groups excluding carboxylic acids is 2. The lowest BCUT2D eigenvalue weighted by atomic mass is 10.1. The molecule has 10 nitrogen and oxygen atoms in total. The maximum atomic E-state index is 12.7. The Morgan fingerprint density at radius 2 is 1.15 bits per heavy atom. The number of carbonyl (C=O) groups is 2. The molecule has 0 aromatic rings. The van der Waals surface area contributed by atoms with E-state index in [-0.39, 0.29) is 26.1 Å². The minimum absolute atomic E-state index is 0.0496. The smallest absolute Gasteiger partial charge is 0.306 e. The van der Waals surface area contributed by atoms with Crippen LogP contribution >= 0.6 is 7.82 Å². The van der Waals surface area contributed by atoms with Crippen molar-refractivity contribution in [1.82, 2.24) is 0 Å². The van der Waals surface area contributed by atoms with E-state index in [1.54, 1.807) is 0 Å². The van der Waals surface area contributed by atoms with Crippen molar-refractivity contribution in [2.24, 2.45) is 0 Å². The number of likely N-dealkylation sites (N-methyl/N-ethyl adjacent to an activating group) is 1. The van der Waals surface area contributed by atoms with Gasteiger partial charge in [0.15, 0.2) is 6.10 Å². The van der Waals surface area contributed by atoms with Crippen molar-refractivity contribution in [3.63, 3.8) is 0 Å². The highest BCUT2D eigenvalue weighted by molar-refractivity contribution is 7.45. The van der Waals surface area contributed by atoms with Gasteiger partial charge in [0, 0.05) is 12.8 Å². The first kappa shape index (κ1) is 54.4. The molecule has 4 atom stereocenters. The number of quaternary nitrogens is 1. The van der Waals surface area contributed by atoms with Crippen LogP contribution in [-0.2, 0) is 37.4 Å². The van der Waals surface area contributed by atoms with Crippen molar-refractivity contribution in [1.29, 1.82) is 0 Å². The molecule has 1 rings (SSSR count). The molecule has 59 heavy (non-hydrogen) atoms. The second-order valence-electron chi connectivity index (χ2n) is 16.4. The van der Waals surface area contributed by atoms with Crippen LogP contribution in [0.15, 0.2) is 72.9 Å². The molecule has 1 saturated heterocycles. The van der Waals surface area contributed by atoms with E-state index in [2.05, 4.69) is 80.7 Å². The number of epoxide rings is 1. The first-order valence-corrected chi connectivity index (χ1v) is 24.2. The van der Waals surface area contributed by atoms with Gasteiger partial charge < -0.3 is 32.6 Å². The molecule has 11 heteroatoms. The summed E-state index contributed by atoms with van der Waals surface area (Å²) in [5, 5.41) is 0. The van der Waals surface area contributed by atoms with E-state index in [9.17, 15) is 19.0 Å². The standard InChI is InChI=1S/C48H82NO9P/c1-6-8-10-11-12-13-14-15-16-17-18-19-20-25-28-31-35-39-48(51)57-44(43-56-59(52,53)55-41-40-49(3,4)5)42-54-47(50)38-34-30-27-24-22-21-23-26-29-33-37-46-45(58-46)36-32-9-7-2/h12-13,15-16,18-19,21,23-24,27,29,33,44-46H,6-11,14,17,20,22,25-26,28,30-32,34-43H2,1-5H3/b13-12-,16-15-,19-18-,23-21-,27-24-,33-29-/t44-,45?,46?/m1/s1. The van der Waals surface area contributed by atoms with Crippen molar-refractivity contribution in [2.75, 3.05) is 47.5 Å². The molecule has 0 aromatic heterocycles. The highest BCUT2D eigenvalue weighted by atomic mass is 31.2. The quantitative estimate of drug-likeness (QED) is 0.0148. The molecule has 0 amide bonds.